The lowest BCUT2D eigenvalue weighted by molar-refractivity contribution is 0.497. The van der Waals surface area contributed by atoms with Crippen LogP contribution in [0.15, 0.2) is 17.5 Å². The normalized spacial score (nSPS) is 12.8. The molecule has 0 fully saturated rings. The number of hydrogen-bond acceptors (Lipinski definition) is 2. The number of thiophene rings is 1. The Balaban J connectivity index is 1.99. The zero-order valence-corrected chi connectivity index (χ0v) is 12.9. The maximum Gasteiger partial charge on any atom is 0.0412 e. The second-order valence-electron chi connectivity index (χ2n) is 5.05. The second kappa shape index (κ2) is 10.6. The van der Waals surface area contributed by atoms with E-state index in [1.54, 1.807) is 0 Å². The predicted molar refractivity (Wildman–Crippen MR) is 83.3 cm³/mol. The fourth-order valence-corrected chi connectivity index (χ4v) is 3.18. The first-order valence-electron chi connectivity index (χ1n) is 7.65. The Morgan fingerprint density at radius 1 is 1.06 bits per heavy atom. The molecule has 1 unspecified atom stereocenters. The fraction of sp³-hybridized carbons (Fsp3) is 0.750. The highest BCUT2D eigenvalue weighted by atomic mass is 32.1. The molecule has 18 heavy (non-hydrogen) atoms. The molecule has 1 aromatic heterocycles. The maximum atomic E-state index is 3.68. The van der Waals surface area contributed by atoms with Gasteiger partial charge in [-0.15, -0.1) is 11.3 Å². The van der Waals surface area contributed by atoms with Gasteiger partial charge in [0.25, 0.3) is 0 Å². The van der Waals surface area contributed by atoms with Crippen LogP contribution in [0.25, 0.3) is 0 Å². The van der Waals surface area contributed by atoms with Gasteiger partial charge in [0.15, 0.2) is 0 Å². The van der Waals surface area contributed by atoms with Crippen molar-refractivity contribution < 1.29 is 0 Å². The molecule has 1 aromatic rings. The first-order chi connectivity index (χ1) is 8.88. The molecule has 2 heteroatoms. The maximum absolute atomic E-state index is 3.68. The van der Waals surface area contributed by atoms with Gasteiger partial charge in [-0.05, 0) is 30.8 Å². The van der Waals surface area contributed by atoms with E-state index in [0.29, 0.717) is 6.04 Å². The van der Waals surface area contributed by atoms with Crippen LogP contribution in [0.3, 0.4) is 0 Å². The van der Waals surface area contributed by atoms with Crippen LogP contribution >= 0.6 is 11.3 Å². The summed E-state index contributed by atoms with van der Waals surface area (Å²) in [7, 11) is 0. The summed E-state index contributed by atoms with van der Waals surface area (Å²) in [6, 6.07) is 4.97. The van der Waals surface area contributed by atoms with Gasteiger partial charge in [-0.25, -0.2) is 0 Å². The number of nitrogens with one attached hydrogen (secondary N) is 1. The van der Waals surface area contributed by atoms with E-state index in [4.69, 9.17) is 0 Å². The largest absolute Gasteiger partial charge is 0.309 e. The number of rotatable bonds is 11. The molecule has 1 nitrogen and oxygen atoms in total. The fourth-order valence-electron chi connectivity index (χ4n) is 2.29. The van der Waals surface area contributed by atoms with Gasteiger partial charge in [-0.2, -0.15) is 0 Å². The van der Waals surface area contributed by atoms with Crippen molar-refractivity contribution in [2.45, 2.75) is 71.3 Å². The molecule has 0 spiro atoms. The summed E-state index contributed by atoms with van der Waals surface area (Å²) in [5.74, 6) is 0. The highest BCUT2D eigenvalue weighted by molar-refractivity contribution is 7.10. The second-order valence-corrected chi connectivity index (χ2v) is 6.03. The third-order valence-corrected chi connectivity index (χ3v) is 4.45. The zero-order chi connectivity index (χ0) is 13.1. The van der Waals surface area contributed by atoms with Crippen molar-refractivity contribution in [1.29, 1.82) is 0 Å². The van der Waals surface area contributed by atoms with Crippen LogP contribution in [-0.4, -0.2) is 6.54 Å². The van der Waals surface area contributed by atoms with Crippen molar-refractivity contribution in [3.05, 3.63) is 22.4 Å². The van der Waals surface area contributed by atoms with Crippen molar-refractivity contribution in [1.82, 2.24) is 5.32 Å². The van der Waals surface area contributed by atoms with E-state index in [-0.39, 0.29) is 0 Å². The standard InChI is InChI=1S/C16H29NS/c1-3-5-6-7-8-9-10-13-17-15(4-2)16-12-11-14-18-16/h11-12,14-15,17H,3-10,13H2,1-2H3. The Morgan fingerprint density at radius 3 is 2.39 bits per heavy atom. The van der Waals surface area contributed by atoms with E-state index in [1.807, 2.05) is 11.3 Å². The quantitative estimate of drug-likeness (QED) is 0.519. The molecular formula is C16H29NS. The lowest BCUT2D eigenvalue weighted by Gasteiger charge is -2.15. The number of hydrogen-bond donors (Lipinski definition) is 1. The van der Waals surface area contributed by atoms with Gasteiger partial charge in [-0.1, -0.05) is 58.4 Å². The Morgan fingerprint density at radius 2 is 1.78 bits per heavy atom. The van der Waals surface area contributed by atoms with Gasteiger partial charge in [0.2, 0.25) is 0 Å². The molecular weight excluding hydrogens is 238 g/mol. The Hall–Kier alpha value is -0.340. The van der Waals surface area contributed by atoms with Crippen molar-refractivity contribution in [2.24, 2.45) is 0 Å². The van der Waals surface area contributed by atoms with Crippen LogP contribution < -0.4 is 5.32 Å². The van der Waals surface area contributed by atoms with Gasteiger partial charge >= 0.3 is 0 Å². The van der Waals surface area contributed by atoms with Crippen molar-refractivity contribution in [3.8, 4) is 0 Å². The average molecular weight is 267 g/mol. The molecule has 0 aliphatic rings. The molecule has 1 rings (SSSR count). The molecule has 0 amide bonds. The molecule has 0 aromatic carbocycles. The monoisotopic (exact) mass is 267 g/mol. The van der Waals surface area contributed by atoms with Crippen LogP contribution in [0, 0.1) is 0 Å². The molecule has 0 aliphatic heterocycles. The van der Waals surface area contributed by atoms with Crippen LogP contribution in [0.5, 0.6) is 0 Å². The third-order valence-electron chi connectivity index (χ3n) is 3.47. The summed E-state index contributed by atoms with van der Waals surface area (Å²) in [5.41, 5.74) is 0. The lowest BCUT2D eigenvalue weighted by atomic mass is 10.1. The third kappa shape index (κ3) is 6.55. The molecule has 1 N–H and O–H groups in total. The molecule has 0 bridgehead atoms. The summed E-state index contributed by atoms with van der Waals surface area (Å²) in [5, 5.41) is 5.86. The van der Waals surface area contributed by atoms with E-state index in [2.05, 4.69) is 36.7 Å². The SMILES string of the molecule is CCCCCCCCCNC(CC)c1cccs1. The van der Waals surface area contributed by atoms with Crippen molar-refractivity contribution in [2.75, 3.05) is 6.54 Å². The topological polar surface area (TPSA) is 12.0 Å². The number of unbranched alkanes of at least 4 members (excludes halogenated alkanes) is 6. The molecule has 0 radical (unpaired) electrons. The van der Waals surface area contributed by atoms with Gasteiger partial charge in [-0.3, -0.25) is 0 Å². The van der Waals surface area contributed by atoms with E-state index in [9.17, 15) is 0 Å². The predicted octanol–water partition coefficient (Wildman–Crippen LogP) is 5.54. The molecule has 1 heterocycles. The summed E-state index contributed by atoms with van der Waals surface area (Å²) < 4.78 is 0. The Labute approximate surface area is 117 Å². The molecule has 1 atom stereocenters. The summed E-state index contributed by atoms with van der Waals surface area (Å²) in [6.07, 6.45) is 10.9. The van der Waals surface area contributed by atoms with Gasteiger partial charge < -0.3 is 5.32 Å². The van der Waals surface area contributed by atoms with E-state index >= 15 is 0 Å². The van der Waals surface area contributed by atoms with Gasteiger partial charge in [0.05, 0.1) is 0 Å². The molecule has 104 valence electrons. The molecule has 0 saturated carbocycles. The Kier molecular flexibility index (Phi) is 9.23. The minimum atomic E-state index is 0.574. The molecule has 0 saturated heterocycles. The highest BCUT2D eigenvalue weighted by Crippen LogP contribution is 2.21. The van der Waals surface area contributed by atoms with Crippen LogP contribution in [-0.2, 0) is 0 Å². The van der Waals surface area contributed by atoms with Gasteiger partial charge in [0.1, 0.15) is 0 Å². The first-order valence-corrected chi connectivity index (χ1v) is 8.53. The van der Waals surface area contributed by atoms with Crippen molar-refractivity contribution >= 4 is 11.3 Å². The van der Waals surface area contributed by atoms with E-state index in [0.717, 1.165) is 0 Å². The Bertz CT molecular complexity index is 269. The van der Waals surface area contributed by atoms with Crippen LogP contribution in [0.4, 0.5) is 0 Å². The minimum absolute atomic E-state index is 0.574. The summed E-state index contributed by atoms with van der Waals surface area (Å²) >= 11 is 1.87. The zero-order valence-electron chi connectivity index (χ0n) is 12.1. The summed E-state index contributed by atoms with van der Waals surface area (Å²) in [6.45, 7) is 5.71. The minimum Gasteiger partial charge on any atom is -0.309 e. The lowest BCUT2D eigenvalue weighted by Crippen LogP contribution is -2.21. The van der Waals surface area contributed by atoms with Crippen LogP contribution in [0.1, 0.15) is 76.1 Å². The smallest absolute Gasteiger partial charge is 0.0412 e. The van der Waals surface area contributed by atoms with Crippen molar-refractivity contribution in [3.63, 3.8) is 0 Å². The van der Waals surface area contributed by atoms with E-state index < -0.39 is 0 Å². The van der Waals surface area contributed by atoms with E-state index in [1.165, 1.54) is 62.8 Å². The molecule has 0 aliphatic carbocycles. The first kappa shape index (κ1) is 15.7. The average Bonchev–Trinajstić information content (AvgIpc) is 2.91. The van der Waals surface area contributed by atoms with Crippen LogP contribution in [0.2, 0.25) is 0 Å². The van der Waals surface area contributed by atoms with Gasteiger partial charge in [0, 0.05) is 10.9 Å². The highest BCUT2D eigenvalue weighted by Gasteiger charge is 2.08. The summed E-state index contributed by atoms with van der Waals surface area (Å²) in [4.78, 5) is 1.49.